The second-order valence-corrected chi connectivity index (χ2v) is 8.05. The molecule has 0 atom stereocenters. The molecule has 1 aromatic rings. The summed E-state index contributed by atoms with van der Waals surface area (Å²) in [5.41, 5.74) is 0.0860. The number of esters is 1. The minimum atomic E-state index is -0.643. The van der Waals surface area contributed by atoms with E-state index in [1.165, 1.54) is 4.90 Å². The lowest BCUT2D eigenvalue weighted by atomic mass is 10.1. The highest BCUT2D eigenvalue weighted by atomic mass is 16.6. The molecule has 0 saturated heterocycles. The van der Waals surface area contributed by atoms with Crippen molar-refractivity contribution in [2.24, 2.45) is 0 Å². The fraction of sp³-hybridized carbons (Fsp3) is 0.550. The van der Waals surface area contributed by atoms with Gasteiger partial charge in [0, 0.05) is 13.1 Å². The molecule has 0 heterocycles. The lowest BCUT2D eigenvalue weighted by molar-refractivity contribution is -0.155. The fourth-order valence-corrected chi connectivity index (χ4v) is 2.14. The molecule has 26 heavy (non-hydrogen) atoms. The minimum Gasteiger partial charge on any atom is -0.460 e. The van der Waals surface area contributed by atoms with Crippen LogP contribution in [0.4, 0.5) is 4.79 Å². The maximum absolute atomic E-state index is 12.5. The Balaban J connectivity index is 2.86. The molecule has 0 aliphatic carbocycles. The summed E-state index contributed by atoms with van der Waals surface area (Å²) >= 11 is 0. The Morgan fingerprint density at radius 2 is 1.69 bits per heavy atom. The van der Waals surface area contributed by atoms with E-state index in [0.717, 1.165) is 5.56 Å². The van der Waals surface area contributed by atoms with Gasteiger partial charge >= 0.3 is 12.1 Å². The van der Waals surface area contributed by atoms with E-state index in [-0.39, 0.29) is 25.5 Å². The van der Waals surface area contributed by atoms with E-state index < -0.39 is 17.3 Å². The molecule has 0 radical (unpaired) electrons. The van der Waals surface area contributed by atoms with Gasteiger partial charge in [-0.15, -0.1) is 0 Å². The molecule has 1 aromatic carbocycles. The number of amides is 1. The number of carbonyl (C=O) groups is 2. The van der Waals surface area contributed by atoms with Gasteiger partial charge in [-0.3, -0.25) is 4.79 Å². The van der Waals surface area contributed by atoms with Crippen LogP contribution in [-0.2, 0) is 20.8 Å². The predicted molar refractivity (Wildman–Crippen MR) is 98.3 cm³/mol. The van der Waals surface area contributed by atoms with Gasteiger partial charge in [0.05, 0.1) is 18.1 Å². The first-order chi connectivity index (χ1) is 11.9. The Morgan fingerprint density at radius 1 is 1.08 bits per heavy atom. The molecule has 6 nitrogen and oxygen atoms in total. The smallest absolute Gasteiger partial charge is 0.410 e. The Labute approximate surface area is 155 Å². The topological polar surface area (TPSA) is 79.6 Å². The Morgan fingerprint density at radius 3 is 2.23 bits per heavy atom. The molecule has 1 amide bonds. The lowest BCUT2D eigenvalue weighted by Gasteiger charge is -2.28. The van der Waals surface area contributed by atoms with Gasteiger partial charge in [-0.25, -0.2) is 4.79 Å². The van der Waals surface area contributed by atoms with Crippen LogP contribution in [0.2, 0.25) is 0 Å². The quantitative estimate of drug-likeness (QED) is 0.741. The highest BCUT2D eigenvalue weighted by Gasteiger charge is 2.24. The molecule has 6 heteroatoms. The molecular formula is C20H28N2O4. The zero-order valence-corrected chi connectivity index (χ0v) is 16.5. The normalized spacial score (nSPS) is 11.4. The molecule has 0 unspecified atom stereocenters. The fourth-order valence-electron chi connectivity index (χ4n) is 2.14. The number of carbonyl (C=O) groups excluding carboxylic acids is 2. The number of ether oxygens (including phenoxy) is 2. The first-order valence-corrected chi connectivity index (χ1v) is 8.58. The van der Waals surface area contributed by atoms with Gasteiger partial charge in [-0.1, -0.05) is 12.1 Å². The number of hydrogen-bond donors (Lipinski definition) is 0. The molecule has 142 valence electrons. The van der Waals surface area contributed by atoms with Crippen LogP contribution in [0.25, 0.3) is 0 Å². The summed E-state index contributed by atoms with van der Waals surface area (Å²) in [5, 5.41) is 9.03. The average Bonchev–Trinajstić information content (AvgIpc) is 2.48. The Hall–Kier alpha value is -2.55. The summed E-state index contributed by atoms with van der Waals surface area (Å²) in [5.74, 6) is -0.378. The summed E-state index contributed by atoms with van der Waals surface area (Å²) in [7, 11) is 0. The van der Waals surface area contributed by atoms with Crippen molar-refractivity contribution >= 4 is 12.1 Å². The van der Waals surface area contributed by atoms with Crippen molar-refractivity contribution in [2.45, 2.75) is 65.7 Å². The van der Waals surface area contributed by atoms with Crippen LogP contribution in [-0.4, -0.2) is 34.7 Å². The third-order valence-electron chi connectivity index (χ3n) is 3.09. The average molecular weight is 360 g/mol. The molecule has 0 aromatic heterocycles. The standard InChI is InChI=1S/C20H28N2O4/c1-19(2,3)25-17(23)10-11-22(18(24)26-20(4,5)6)14-16-9-7-8-15(12-16)13-21/h7-9,12H,10-11,14H2,1-6H3. The van der Waals surface area contributed by atoms with E-state index in [2.05, 4.69) is 6.07 Å². The van der Waals surface area contributed by atoms with Gasteiger partial charge in [0.1, 0.15) is 11.2 Å². The Bertz CT molecular complexity index is 678. The van der Waals surface area contributed by atoms with Crippen LogP contribution >= 0.6 is 0 Å². The van der Waals surface area contributed by atoms with Crippen LogP contribution in [0.1, 0.15) is 59.1 Å². The number of benzene rings is 1. The Kier molecular flexibility index (Phi) is 7.19. The van der Waals surface area contributed by atoms with E-state index in [1.807, 2.05) is 6.07 Å². The second kappa shape index (κ2) is 8.70. The van der Waals surface area contributed by atoms with E-state index in [0.29, 0.717) is 5.56 Å². The molecule has 0 fully saturated rings. The maximum Gasteiger partial charge on any atom is 0.410 e. The summed E-state index contributed by atoms with van der Waals surface area (Å²) < 4.78 is 10.7. The van der Waals surface area contributed by atoms with Gasteiger partial charge in [-0.05, 0) is 59.2 Å². The van der Waals surface area contributed by atoms with Crippen molar-refractivity contribution in [3.63, 3.8) is 0 Å². The first kappa shape index (κ1) is 21.5. The number of nitrogens with zero attached hydrogens (tertiary/aromatic N) is 2. The molecule has 0 bridgehead atoms. The van der Waals surface area contributed by atoms with E-state index in [4.69, 9.17) is 14.7 Å². The summed E-state index contributed by atoms with van der Waals surface area (Å²) in [6, 6.07) is 9.07. The zero-order chi connectivity index (χ0) is 20.0. The third kappa shape index (κ3) is 8.52. The minimum absolute atomic E-state index is 0.0639. The van der Waals surface area contributed by atoms with E-state index >= 15 is 0 Å². The lowest BCUT2D eigenvalue weighted by Crippen LogP contribution is -2.38. The molecule has 0 aliphatic heterocycles. The first-order valence-electron chi connectivity index (χ1n) is 8.58. The highest BCUT2D eigenvalue weighted by Crippen LogP contribution is 2.15. The van der Waals surface area contributed by atoms with Crippen molar-refractivity contribution in [1.29, 1.82) is 5.26 Å². The monoisotopic (exact) mass is 360 g/mol. The molecular weight excluding hydrogens is 332 g/mol. The zero-order valence-electron chi connectivity index (χ0n) is 16.5. The van der Waals surface area contributed by atoms with Crippen LogP contribution in [0.15, 0.2) is 24.3 Å². The molecule has 0 spiro atoms. The van der Waals surface area contributed by atoms with Gasteiger partial charge in [0.15, 0.2) is 0 Å². The molecule has 1 rings (SSSR count). The van der Waals surface area contributed by atoms with Gasteiger partial charge < -0.3 is 14.4 Å². The van der Waals surface area contributed by atoms with Gasteiger partial charge in [0.25, 0.3) is 0 Å². The van der Waals surface area contributed by atoms with Crippen molar-refractivity contribution in [1.82, 2.24) is 4.90 Å². The van der Waals surface area contributed by atoms with Crippen molar-refractivity contribution in [3.05, 3.63) is 35.4 Å². The van der Waals surface area contributed by atoms with Crippen LogP contribution < -0.4 is 0 Å². The highest BCUT2D eigenvalue weighted by molar-refractivity contribution is 5.72. The number of rotatable bonds is 5. The molecule has 0 saturated carbocycles. The summed E-state index contributed by atoms with van der Waals surface area (Å²) in [4.78, 5) is 25.9. The third-order valence-corrected chi connectivity index (χ3v) is 3.09. The van der Waals surface area contributed by atoms with Crippen LogP contribution in [0.5, 0.6) is 0 Å². The van der Waals surface area contributed by atoms with Crippen molar-refractivity contribution < 1.29 is 19.1 Å². The largest absolute Gasteiger partial charge is 0.460 e. The second-order valence-electron chi connectivity index (χ2n) is 8.05. The van der Waals surface area contributed by atoms with Crippen LogP contribution in [0.3, 0.4) is 0 Å². The van der Waals surface area contributed by atoms with E-state index in [9.17, 15) is 9.59 Å². The SMILES string of the molecule is CC(C)(C)OC(=O)CCN(Cc1cccc(C#N)c1)C(=O)OC(C)(C)C. The summed E-state index contributed by atoms with van der Waals surface area (Å²) in [6.45, 7) is 11.2. The van der Waals surface area contributed by atoms with E-state index in [1.54, 1.807) is 59.7 Å². The predicted octanol–water partition coefficient (Wildman–Crippen LogP) is 4.03. The summed E-state index contributed by atoms with van der Waals surface area (Å²) in [6.07, 6.45) is -0.447. The van der Waals surface area contributed by atoms with Gasteiger partial charge in [-0.2, -0.15) is 5.26 Å². The molecule has 0 aliphatic rings. The number of nitriles is 1. The van der Waals surface area contributed by atoms with Crippen molar-refractivity contribution in [2.75, 3.05) is 6.54 Å². The molecule has 0 N–H and O–H groups in total. The van der Waals surface area contributed by atoms with Crippen LogP contribution in [0, 0.1) is 11.3 Å². The van der Waals surface area contributed by atoms with Gasteiger partial charge in [0.2, 0.25) is 0 Å². The maximum atomic E-state index is 12.5. The number of hydrogen-bond acceptors (Lipinski definition) is 5. The van der Waals surface area contributed by atoms with Crippen molar-refractivity contribution in [3.8, 4) is 6.07 Å².